The number of aromatic nitrogens is 3. The molecule has 0 spiro atoms. The first kappa shape index (κ1) is 13.1. The average Bonchev–Trinajstić information content (AvgIpc) is 2.82. The number of rotatable bonds is 5. The predicted octanol–water partition coefficient (Wildman–Crippen LogP) is 3.02. The van der Waals surface area contributed by atoms with Gasteiger partial charge in [-0.1, -0.05) is 0 Å². The van der Waals surface area contributed by atoms with E-state index in [1.54, 1.807) is 11.3 Å². The van der Waals surface area contributed by atoms with E-state index < -0.39 is 0 Å². The molecular formula is C13H20N4S. The molecule has 0 aromatic carbocycles. The molecule has 0 aliphatic rings. The molecule has 1 N–H and O–H groups in total. The van der Waals surface area contributed by atoms with Crippen LogP contribution in [0.3, 0.4) is 0 Å². The van der Waals surface area contributed by atoms with Crippen molar-refractivity contribution >= 4 is 17.3 Å². The van der Waals surface area contributed by atoms with E-state index in [4.69, 9.17) is 0 Å². The fourth-order valence-corrected chi connectivity index (χ4v) is 2.59. The van der Waals surface area contributed by atoms with Crippen molar-refractivity contribution in [2.45, 2.75) is 46.7 Å². The van der Waals surface area contributed by atoms with Crippen LogP contribution in [-0.4, -0.2) is 20.6 Å². The molecule has 98 valence electrons. The van der Waals surface area contributed by atoms with E-state index in [0.29, 0.717) is 6.04 Å². The molecule has 2 rings (SSSR count). The summed E-state index contributed by atoms with van der Waals surface area (Å²) < 4.78 is 2.17. The first-order valence-electron chi connectivity index (χ1n) is 6.26. The third-order valence-electron chi connectivity index (χ3n) is 2.55. The molecule has 2 aromatic rings. The lowest BCUT2D eigenvalue weighted by molar-refractivity contribution is 0.688. The Hall–Kier alpha value is -1.36. The van der Waals surface area contributed by atoms with Crippen LogP contribution in [0.5, 0.6) is 0 Å². The van der Waals surface area contributed by atoms with Gasteiger partial charge >= 0.3 is 0 Å². The zero-order valence-electron chi connectivity index (χ0n) is 11.4. The molecule has 0 aliphatic heterocycles. The van der Waals surface area contributed by atoms with Gasteiger partial charge in [-0.25, -0.2) is 9.97 Å². The molecule has 5 heteroatoms. The van der Waals surface area contributed by atoms with E-state index in [0.717, 1.165) is 30.3 Å². The Bertz CT molecular complexity index is 513. The molecule has 0 aliphatic carbocycles. The summed E-state index contributed by atoms with van der Waals surface area (Å²) in [7, 11) is 0. The SMILES string of the molecule is Cc1csc(CCn2cc(C)nc2NC(C)C)n1. The summed E-state index contributed by atoms with van der Waals surface area (Å²) in [5.74, 6) is 0.954. The zero-order valence-corrected chi connectivity index (χ0v) is 12.2. The average molecular weight is 264 g/mol. The van der Waals surface area contributed by atoms with E-state index in [1.807, 2.05) is 13.8 Å². The van der Waals surface area contributed by atoms with Crippen LogP contribution in [0.1, 0.15) is 30.2 Å². The molecule has 0 atom stereocenters. The minimum Gasteiger partial charge on any atom is -0.353 e. The van der Waals surface area contributed by atoms with E-state index in [9.17, 15) is 0 Å². The van der Waals surface area contributed by atoms with Crippen LogP contribution < -0.4 is 5.32 Å². The maximum atomic E-state index is 4.50. The van der Waals surface area contributed by atoms with Crippen LogP contribution in [0.2, 0.25) is 0 Å². The predicted molar refractivity (Wildman–Crippen MR) is 76.3 cm³/mol. The summed E-state index contributed by atoms with van der Waals surface area (Å²) in [6, 6.07) is 0.396. The highest BCUT2D eigenvalue weighted by molar-refractivity contribution is 7.09. The Morgan fingerprint density at radius 3 is 2.67 bits per heavy atom. The lowest BCUT2D eigenvalue weighted by Gasteiger charge is -2.11. The van der Waals surface area contributed by atoms with Gasteiger partial charge in [0.25, 0.3) is 0 Å². The second-order valence-corrected chi connectivity index (χ2v) is 5.77. The summed E-state index contributed by atoms with van der Waals surface area (Å²) in [4.78, 5) is 8.99. The molecule has 0 saturated carbocycles. The number of thiazole rings is 1. The standard InChI is InChI=1S/C13H20N4S/c1-9(2)14-13-16-10(3)7-17(13)6-5-12-15-11(4)8-18-12/h7-9H,5-6H2,1-4H3,(H,14,16). The van der Waals surface area contributed by atoms with Gasteiger partial charge in [-0.2, -0.15) is 0 Å². The van der Waals surface area contributed by atoms with Gasteiger partial charge in [0.05, 0.1) is 10.7 Å². The second kappa shape index (κ2) is 5.52. The Morgan fingerprint density at radius 2 is 2.06 bits per heavy atom. The summed E-state index contributed by atoms with van der Waals surface area (Å²) >= 11 is 1.73. The molecule has 18 heavy (non-hydrogen) atoms. The van der Waals surface area contributed by atoms with Crippen LogP contribution in [0.25, 0.3) is 0 Å². The maximum absolute atomic E-state index is 4.50. The zero-order chi connectivity index (χ0) is 13.1. The molecular weight excluding hydrogens is 244 g/mol. The fourth-order valence-electron chi connectivity index (χ4n) is 1.82. The van der Waals surface area contributed by atoms with Crippen LogP contribution in [0.15, 0.2) is 11.6 Å². The molecule has 4 nitrogen and oxygen atoms in total. The highest BCUT2D eigenvalue weighted by Gasteiger charge is 2.07. The maximum Gasteiger partial charge on any atom is 0.203 e. The molecule has 0 saturated heterocycles. The van der Waals surface area contributed by atoms with Crippen LogP contribution in [-0.2, 0) is 13.0 Å². The number of nitrogens with zero attached hydrogens (tertiary/aromatic N) is 3. The summed E-state index contributed by atoms with van der Waals surface area (Å²) in [5.41, 5.74) is 2.16. The number of aryl methyl sites for hydroxylation is 4. The molecule has 0 radical (unpaired) electrons. The van der Waals surface area contributed by atoms with E-state index in [-0.39, 0.29) is 0 Å². The molecule has 0 unspecified atom stereocenters. The lowest BCUT2D eigenvalue weighted by atomic mass is 10.4. The van der Waals surface area contributed by atoms with Gasteiger partial charge in [-0.15, -0.1) is 11.3 Å². The van der Waals surface area contributed by atoms with Crippen molar-refractivity contribution in [1.82, 2.24) is 14.5 Å². The normalized spacial score (nSPS) is 11.2. The van der Waals surface area contributed by atoms with Gasteiger partial charge in [0.1, 0.15) is 0 Å². The first-order valence-corrected chi connectivity index (χ1v) is 7.14. The molecule has 2 heterocycles. The smallest absolute Gasteiger partial charge is 0.203 e. The number of hydrogen-bond acceptors (Lipinski definition) is 4. The van der Waals surface area contributed by atoms with Crippen molar-refractivity contribution in [3.8, 4) is 0 Å². The lowest BCUT2D eigenvalue weighted by Crippen LogP contribution is -2.15. The van der Waals surface area contributed by atoms with Gasteiger partial charge in [0.2, 0.25) is 5.95 Å². The van der Waals surface area contributed by atoms with E-state index in [1.165, 1.54) is 5.01 Å². The van der Waals surface area contributed by atoms with Gasteiger partial charge in [-0.3, -0.25) is 0 Å². The first-order chi connectivity index (χ1) is 8.54. The summed E-state index contributed by atoms with van der Waals surface area (Å²) in [5, 5.41) is 6.66. The van der Waals surface area contributed by atoms with Crippen LogP contribution >= 0.6 is 11.3 Å². The van der Waals surface area contributed by atoms with Crippen molar-refractivity contribution in [3.05, 3.63) is 28.0 Å². The second-order valence-electron chi connectivity index (χ2n) is 4.83. The summed E-state index contributed by atoms with van der Waals surface area (Å²) in [6.07, 6.45) is 3.05. The Kier molecular flexibility index (Phi) is 4.01. The Morgan fingerprint density at radius 1 is 1.28 bits per heavy atom. The molecule has 0 fully saturated rings. The molecule has 0 bridgehead atoms. The van der Waals surface area contributed by atoms with E-state index in [2.05, 4.69) is 45.3 Å². The van der Waals surface area contributed by atoms with Gasteiger partial charge in [0.15, 0.2) is 0 Å². The van der Waals surface area contributed by atoms with Crippen molar-refractivity contribution in [3.63, 3.8) is 0 Å². The van der Waals surface area contributed by atoms with Gasteiger partial charge in [0, 0.05) is 36.3 Å². The number of nitrogens with one attached hydrogen (secondary N) is 1. The van der Waals surface area contributed by atoms with Crippen molar-refractivity contribution in [1.29, 1.82) is 0 Å². The van der Waals surface area contributed by atoms with Gasteiger partial charge < -0.3 is 9.88 Å². The topological polar surface area (TPSA) is 42.7 Å². The third kappa shape index (κ3) is 3.32. The van der Waals surface area contributed by atoms with Crippen molar-refractivity contribution in [2.75, 3.05) is 5.32 Å². The quantitative estimate of drug-likeness (QED) is 0.902. The molecule has 2 aromatic heterocycles. The highest BCUT2D eigenvalue weighted by atomic mass is 32.1. The van der Waals surface area contributed by atoms with Crippen molar-refractivity contribution < 1.29 is 0 Å². The van der Waals surface area contributed by atoms with E-state index >= 15 is 0 Å². The Balaban J connectivity index is 2.04. The third-order valence-corrected chi connectivity index (χ3v) is 3.57. The highest BCUT2D eigenvalue weighted by Crippen LogP contribution is 2.14. The monoisotopic (exact) mass is 264 g/mol. The van der Waals surface area contributed by atoms with Crippen molar-refractivity contribution in [2.24, 2.45) is 0 Å². The fraction of sp³-hybridized carbons (Fsp3) is 0.538. The summed E-state index contributed by atoms with van der Waals surface area (Å²) in [6.45, 7) is 9.22. The Labute approximate surface area is 112 Å². The largest absolute Gasteiger partial charge is 0.353 e. The van der Waals surface area contributed by atoms with Gasteiger partial charge in [-0.05, 0) is 27.7 Å². The minimum absolute atomic E-state index is 0.396. The number of imidazole rings is 1. The van der Waals surface area contributed by atoms with Crippen LogP contribution in [0.4, 0.5) is 5.95 Å². The minimum atomic E-state index is 0.396. The number of hydrogen-bond donors (Lipinski definition) is 1. The van der Waals surface area contributed by atoms with Crippen LogP contribution in [0, 0.1) is 13.8 Å². The number of anilines is 1. The molecule has 0 amide bonds.